The minimum absolute atomic E-state index is 0. The Balaban J connectivity index is 0. The van der Waals surface area contributed by atoms with Crippen LogP contribution in [0.5, 0.6) is 0 Å². The number of rotatable bonds is 10. The Morgan fingerprint density at radius 3 is 2.00 bits per heavy atom. The van der Waals surface area contributed by atoms with E-state index in [4.69, 9.17) is 9.47 Å². The van der Waals surface area contributed by atoms with E-state index in [1.807, 2.05) is 0 Å². The third kappa shape index (κ3) is 17.7. The molecule has 0 aliphatic rings. The predicted octanol–water partition coefficient (Wildman–Crippen LogP) is -0.597. The molecule has 0 rings (SSSR count). The van der Waals surface area contributed by atoms with Crippen molar-refractivity contribution in [2.45, 2.75) is 19.8 Å². The second-order valence-corrected chi connectivity index (χ2v) is 3.34. The van der Waals surface area contributed by atoms with Crippen LogP contribution in [0.25, 0.3) is 0 Å². The Morgan fingerprint density at radius 1 is 0.933 bits per heavy atom. The molecular weight excluding hydrogens is 414 g/mol. The van der Waals surface area contributed by atoms with Gasteiger partial charge in [0, 0.05) is 6.61 Å². The molecule has 7 heteroatoms. The van der Waals surface area contributed by atoms with Gasteiger partial charge in [0.1, 0.15) is 0 Å². The maximum absolute atomic E-state index is 9.94. The summed E-state index contributed by atoms with van der Waals surface area (Å²) in [6, 6.07) is 0. The summed E-state index contributed by atoms with van der Waals surface area (Å²) < 4.78 is 14.5. The number of unbranched alkanes of at least 4 members (excludes halogenated alkanes) is 1. The topological polar surface area (TPSA) is 73.8 Å². The number of ether oxygens (including phenoxy) is 2. The fourth-order valence-corrected chi connectivity index (χ4v) is 0.963. The fourth-order valence-electron chi connectivity index (χ4n) is 0.739. The molecule has 0 amide bonds. The molecule has 0 bridgehead atoms. The summed E-state index contributed by atoms with van der Waals surface area (Å²) in [4.78, 5) is 19.9. The molecule has 0 heterocycles. The standard InChI is InChI=1S/C8H17O5P.Pb/c1-2-3-4-11-5-6-12-7-8-13-14(9)10;/h2-8H2,1H3;/q-2;+2. The fraction of sp³-hybridized carbons (Fsp3) is 1.00. The summed E-state index contributed by atoms with van der Waals surface area (Å²) in [6.07, 6.45) is 2.17. The SMILES string of the molecule is CCCCOCCOCCOP([O-])[O-].[Pb+2]. The zero-order valence-electron chi connectivity index (χ0n) is 8.94. The van der Waals surface area contributed by atoms with E-state index in [0.717, 1.165) is 19.4 Å². The summed E-state index contributed by atoms with van der Waals surface area (Å²) in [5, 5.41) is 0. The van der Waals surface area contributed by atoms with Gasteiger partial charge in [0.25, 0.3) is 0 Å². The summed E-state index contributed by atoms with van der Waals surface area (Å²) in [5.74, 6) is 0. The van der Waals surface area contributed by atoms with Crippen LogP contribution in [0.3, 0.4) is 0 Å². The predicted molar refractivity (Wildman–Crippen MR) is 55.2 cm³/mol. The van der Waals surface area contributed by atoms with Crippen LogP contribution in [0.15, 0.2) is 0 Å². The Kier molecular flexibility index (Phi) is 18.7. The monoisotopic (exact) mass is 432 g/mol. The first-order chi connectivity index (χ1) is 6.77. The van der Waals surface area contributed by atoms with Crippen LogP contribution in [-0.2, 0) is 14.0 Å². The van der Waals surface area contributed by atoms with E-state index >= 15 is 0 Å². The third-order valence-electron chi connectivity index (χ3n) is 1.44. The number of hydrogen-bond donors (Lipinski definition) is 0. The van der Waals surface area contributed by atoms with Gasteiger partial charge in [-0.15, -0.1) is 0 Å². The van der Waals surface area contributed by atoms with Gasteiger partial charge in [0.15, 0.2) is 0 Å². The third-order valence-corrected chi connectivity index (χ3v) is 1.83. The van der Waals surface area contributed by atoms with Gasteiger partial charge in [-0.05, 0) is 6.42 Å². The molecule has 0 saturated carbocycles. The van der Waals surface area contributed by atoms with E-state index in [2.05, 4.69) is 11.4 Å². The van der Waals surface area contributed by atoms with Crippen molar-refractivity contribution in [3.63, 3.8) is 0 Å². The van der Waals surface area contributed by atoms with Crippen molar-refractivity contribution in [3.05, 3.63) is 0 Å². The largest absolute Gasteiger partial charge is 2.00 e. The second-order valence-electron chi connectivity index (χ2n) is 2.64. The minimum atomic E-state index is -2.74. The maximum atomic E-state index is 9.94. The Bertz CT molecular complexity index is 117. The van der Waals surface area contributed by atoms with Gasteiger partial charge in [-0.3, -0.25) is 0 Å². The van der Waals surface area contributed by atoms with Gasteiger partial charge in [0.2, 0.25) is 0 Å². The molecule has 88 valence electrons. The summed E-state index contributed by atoms with van der Waals surface area (Å²) in [5.41, 5.74) is 0. The minimum Gasteiger partial charge on any atom is -0.820 e. The van der Waals surface area contributed by atoms with Gasteiger partial charge >= 0.3 is 27.3 Å². The van der Waals surface area contributed by atoms with Crippen LogP contribution in [-0.4, -0.2) is 60.3 Å². The van der Waals surface area contributed by atoms with E-state index in [0.29, 0.717) is 13.2 Å². The van der Waals surface area contributed by atoms with Crippen molar-refractivity contribution in [1.29, 1.82) is 0 Å². The molecular formula is C8H17O5PPb. The molecule has 0 unspecified atom stereocenters. The van der Waals surface area contributed by atoms with E-state index in [1.54, 1.807) is 0 Å². The zero-order valence-corrected chi connectivity index (χ0v) is 13.7. The van der Waals surface area contributed by atoms with Crippen molar-refractivity contribution in [1.82, 2.24) is 0 Å². The molecule has 0 aromatic carbocycles. The molecule has 0 fully saturated rings. The van der Waals surface area contributed by atoms with Gasteiger partial charge in [0.05, 0.1) is 26.4 Å². The Morgan fingerprint density at radius 2 is 1.47 bits per heavy atom. The maximum Gasteiger partial charge on any atom is 2.00 e. The van der Waals surface area contributed by atoms with E-state index in [1.165, 1.54) is 0 Å². The van der Waals surface area contributed by atoms with Crippen LogP contribution >= 0.6 is 8.60 Å². The summed E-state index contributed by atoms with van der Waals surface area (Å²) in [6.45, 7) is 4.23. The molecule has 0 aromatic heterocycles. The van der Waals surface area contributed by atoms with E-state index < -0.39 is 8.60 Å². The van der Waals surface area contributed by atoms with Crippen LogP contribution in [0.2, 0.25) is 0 Å². The normalized spacial score (nSPS) is 10.4. The Labute approximate surface area is 112 Å². The van der Waals surface area contributed by atoms with Crippen molar-refractivity contribution < 1.29 is 23.8 Å². The van der Waals surface area contributed by atoms with Crippen molar-refractivity contribution in [3.8, 4) is 0 Å². The van der Waals surface area contributed by atoms with Crippen molar-refractivity contribution in [2.24, 2.45) is 0 Å². The molecule has 0 aliphatic carbocycles. The van der Waals surface area contributed by atoms with Crippen LogP contribution < -0.4 is 9.79 Å². The zero-order chi connectivity index (χ0) is 10.6. The molecule has 0 atom stereocenters. The summed E-state index contributed by atoms with van der Waals surface area (Å²) >= 11 is 0. The Hall–Kier alpha value is 1.15. The van der Waals surface area contributed by atoms with E-state index in [-0.39, 0.29) is 40.5 Å². The molecule has 15 heavy (non-hydrogen) atoms. The smallest absolute Gasteiger partial charge is 0.820 e. The first-order valence-corrected chi connectivity index (χ1v) is 5.79. The van der Waals surface area contributed by atoms with E-state index in [9.17, 15) is 9.79 Å². The van der Waals surface area contributed by atoms with Crippen molar-refractivity contribution >= 4 is 35.9 Å². The molecule has 5 nitrogen and oxygen atoms in total. The van der Waals surface area contributed by atoms with Crippen molar-refractivity contribution in [2.75, 3.05) is 33.0 Å². The first-order valence-electron chi connectivity index (χ1n) is 4.70. The quantitative estimate of drug-likeness (QED) is 0.263. The van der Waals surface area contributed by atoms with Gasteiger partial charge in [-0.2, -0.15) is 8.60 Å². The van der Waals surface area contributed by atoms with Gasteiger partial charge < -0.3 is 23.8 Å². The number of hydrogen-bond acceptors (Lipinski definition) is 5. The first kappa shape index (κ1) is 18.5. The van der Waals surface area contributed by atoms with Crippen LogP contribution in [0.1, 0.15) is 19.8 Å². The molecule has 2 radical (unpaired) electrons. The molecule has 0 saturated heterocycles. The van der Waals surface area contributed by atoms with Gasteiger partial charge in [-0.25, -0.2) is 0 Å². The molecule has 0 aliphatic heterocycles. The average molecular weight is 431 g/mol. The molecule has 0 N–H and O–H groups in total. The van der Waals surface area contributed by atoms with Crippen LogP contribution in [0, 0.1) is 0 Å². The van der Waals surface area contributed by atoms with Crippen LogP contribution in [0.4, 0.5) is 0 Å². The molecule has 0 spiro atoms. The average Bonchev–Trinajstić information content (AvgIpc) is 2.15. The summed E-state index contributed by atoms with van der Waals surface area (Å²) in [7, 11) is -2.74. The van der Waals surface area contributed by atoms with Gasteiger partial charge in [-0.1, -0.05) is 13.3 Å². The molecule has 0 aromatic rings. The second kappa shape index (κ2) is 15.2.